The zero-order valence-electron chi connectivity index (χ0n) is 10.8. The van der Waals surface area contributed by atoms with E-state index in [1.807, 2.05) is 6.92 Å². The van der Waals surface area contributed by atoms with E-state index in [0.717, 1.165) is 12.1 Å². The van der Waals surface area contributed by atoms with Crippen LogP contribution in [0.15, 0.2) is 29.4 Å². The molecule has 0 aliphatic carbocycles. The third-order valence-corrected chi connectivity index (χ3v) is 3.77. The van der Waals surface area contributed by atoms with Crippen LogP contribution in [0.3, 0.4) is 0 Å². The molecule has 0 bridgehead atoms. The molecule has 1 N–H and O–H groups in total. The van der Waals surface area contributed by atoms with E-state index in [1.54, 1.807) is 29.2 Å². The minimum atomic E-state index is -0.0158. The summed E-state index contributed by atoms with van der Waals surface area (Å²) in [4.78, 5) is 14.2. The summed E-state index contributed by atoms with van der Waals surface area (Å²) in [6.07, 6.45) is 1.49. The van der Waals surface area contributed by atoms with Gasteiger partial charge in [-0.1, -0.05) is 29.7 Å². The van der Waals surface area contributed by atoms with E-state index >= 15 is 0 Å². The fourth-order valence-corrected chi connectivity index (χ4v) is 2.59. The molecule has 1 heterocycles. The number of likely N-dealkylation sites (tertiary alicyclic amines) is 1. The monoisotopic (exact) mass is 280 g/mol. The van der Waals surface area contributed by atoms with Crippen molar-refractivity contribution in [2.75, 3.05) is 13.1 Å². The van der Waals surface area contributed by atoms with Gasteiger partial charge in [-0.3, -0.25) is 4.79 Å². The van der Waals surface area contributed by atoms with Gasteiger partial charge < -0.3 is 10.1 Å². The lowest BCUT2D eigenvalue weighted by atomic mass is 9.93. The zero-order valence-corrected chi connectivity index (χ0v) is 11.6. The molecule has 0 saturated carbocycles. The Bertz CT molecular complexity index is 502. The number of rotatable bonds is 2. The number of oxime groups is 1. The topological polar surface area (TPSA) is 52.9 Å². The number of nitrogens with zero attached hydrogens (tertiary/aromatic N) is 2. The van der Waals surface area contributed by atoms with Crippen LogP contribution in [0.2, 0.25) is 5.02 Å². The van der Waals surface area contributed by atoms with Gasteiger partial charge in [0.2, 0.25) is 0 Å². The summed E-state index contributed by atoms with van der Waals surface area (Å²) < 4.78 is 0. The maximum absolute atomic E-state index is 12.4. The Balaban J connectivity index is 2.13. The molecule has 4 nitrogen and oxygen atoms in total. The van der Waals surface area contributed by atoms with Crippen LogP contribution < -0.4 is 0 Å². The summed E-state index contributed by atoms with van der Waals surface area (Å²) in [5.41, 5.74) is 1.39. The van der Waals surface area contributed by atoms with Crippen LogP contribution in [-0.4, -0.2) is 34.8 Å². The van der Waals surface area contributed by atoms with Crippen LogP contribution in [0.25, 0.3) is 0 Å². The van der Waals surface area contributed by atoms with Crippen LogP contribution in [-0.2, 0) is 0 Å². The van der Waals surface area contributed by atoms with Crippen LogP contribution >= 0.6 is 11.6 Å². The molecule has 2 rings (SSSR count). The summed E-state index contributed by atoms with van der Waals surface area (Å²) in [5, 5.41) is 12.8. The first-order chi connectivity index (χ1) is 9.15. The highest BCUT2D eigenvalue weighted by Crippen LogP contribution is 2.20. The van der Waals surface area contributed by atoms with Gasteiger partial charge in [0.25, 0.3) is 5.91 Å². The van der Waals surface area contributed by atoms with Crippen LogP contribution in [0, 0.1) is 5.92 Å². The SMILES string of the molecule is CCC1CN(C(=O)c2cccc(Cl)c2)CC/C1=N\O. The minimum Gasteiger partial charge on any atom is -0.411 e. The Morgan fingerprint density at radius 1 is 1.58 bits per heavy atom. The van der Waals surface area contributed by atoms with Crippen molar-refractivity contribution in [1.29, 1.82) is 0 Å². The predicted octanol–water partition coefficient (Wildman–Crippen LogP) is 3.04. The standard InChI is InChI=1S/C14H17ClN2O2/c1-2-10-9-17(7-6-13(10)16-19)14(18)11-4-3-5-12(15)8-11/h3-5,8,10,19H,2,6-7,9H2,1H3/b16-13+. The lowest BCUT2D eigenvalue weighted by molar-refractivity contribution is 0.0729. The smallest absolute Gasteiger partial charge is 0.253 e. The van der Waals surface area contributed by atoms with Crippen molar-refractivity contribution in [1.82, 2.24) is 4.90 Å². The van der Waals surface area contributed by atoms with Gasteiger partial charge in [0.1, 0.15) is 0 Å². The second-order valence-corrected chi connectivity index (χ2v) is 5.14. The van der Waals surface area contributed by atoms with E-state index in [1.165, 1.54) is 0 Å². The second-order valence-electron chi connectivity index (χ2n) is 4.71. The molecule has 19 heavy (non-hydrogen) atoms. The first-order valence-electron chi connectivity index (χ1n) is 6.41. The molecule has 1 aliphatic rings. The molecule has 0 radical (unpaired) electrons. The zero-order chi connectivity index (χ0) is 13.8. The molecule has 102 valence electrons. The number of carbonyl (C=O) groups is 1. The van der Waals surface area contributed by atoms with Gasteiger partial charge >= 0.3 is 0 Å². The molecule has 1 unspecified atom stereocenters. The number of benzene rings is 1. The number of hydrogen-bond acceptors (Lipinski definition) is 3. The van der Waals surface area contributed by atoms with E-state index in [-0.39, 0.29) is 11.8 Å². The van der Waals surface area contributed by atoms with Crippen molar-refractivity contribution in [3.8, 4) is 0 Å². The third-order valence-electron chi connectivity index (χ3n) is 3.53. The molecule has 0 spiro atoms. The Kier molecular flexibility index (Phi) is 4.43. The summed E-state index contributed by atoms with van der Waals surface area (Å²) in [6, 6.07) is 6.97. The average molecular weight is 281 g/mol. The van der Waals surface area contributed by atoms with Crippen molar-refractivity contribution in [3.05, 3.63) is 34.9 Å². The lowest BCUT2D eigenvalue weighted by Crippen LogP contribution is -2.44. The van der Waals surface area contributed by atoms with Crippen molar-refractivity contribution in [2.24, 2.45) is 11.1 Å². The lowest BCUT2D eigenvalue weighted by Gasteiger charge is -2.32. The first-order valence-corrected chi connectivity index (χ1v) is 6.79. The summed E-state index contributed by atoms with van der Waals surface area (Å²) >= 11 is 5.91. The Morgan fingerprint density at radius 2 is 2.37 bits per heavy atom. The maximum Gasteiger partial charge on any atom is 0.253 e. The maximum atomic E-state index is 12.4. The van der Waals surface area contributed by atoms with Gasteiger partial charge in [0.15, 0.2) is 0 Å². The summed E-state index contributed by atoms with van der Waals surface area (Å²) in [5.74, 6) is 0.125. The fourth-order valence-electron chi connectivity index (χ4n) is 2.40. The number of hydrogen-bond donors (Lipinski definition) is 1. The molecular weight excluding hydrogens is 264 g/mol. The number of carbonyl (C=O) groups excluding carboxylic acids is 1. The normalized spacial score (nSPS) is 21.7. The highest BCUT2D eigenvalue weighted by atomic mass is 35.5. The Labute approximate surface area is 117 Å². The Hall–Kier alpha value is -1.55. The van der Waals surface area contributed by atoms with E-state index < -0.39 is 0 Å². The van der Waals surface area contributed by atoms with Gasteiger partial charge in [-0.2, -0.15) is 0 Å². The largest absolute Gasteiger partial charge is 0.411 e. The predicted molar refractivity (Wildman–Crippen MR) is 75.0 cm³/mol. The number of piperidine rings is 1. The van der Waals surface area contributed by atoms with Crippen LogP contribution in [0.5, 0.6) is 0 Å². The molecule has 1 aromatic rings. The third kappa shape index (κ3) is 3.07. The van der Waals surface area contributed by atoms with Crippen molar-refractivity contribution >= 4 is 23.2 Å². The van der Waals surface area contributed by atoms with Crippen LogP contribution in [0.4, 0.5) is 0 Å². The quantitative estimate of drug-likeness (QED) is 0.669. The van der Waals surface area contributed by atoms with Gasteiger partial charge in [0, 0.05) is 36.0 Å². The minimum absolute atomic E-state index is 0.0158. The van der Waals surface area contributed by atoms with Crippen molar-refractivity contribution < 1.29 is 10.0 Å². The average Bonchev–Trinajstić information content (AvgIpc) is 2.45. The molecule has 1 amide bonds. The van der Waals surface area contributed by atoms with Crippen molar-refractivity contribution in [3.63, 3.8) is 0 Å². The van der Waals surface area contributed by atoms with Crippen LogP contribution in [0.1, 0.15) is 30.1 Å². The molecule has 1 fully saturated rings. The highest BCUT2D eigenvalue weighted by molar-refractivity contribution is 6.30. The van der Waals surface area contributed by atoms with Gasteiger partial charge in [-0.25, -0.2) is 0 Å². The molecule has 1 aromatic carbocycles. The Morgan fingerprint density at radius 3 is 3.00 bits per heavy atom. The van der Waals surface area contributed by atoms with E-state index in [9.17, 15) is 4.79 Å². The van der Waals surface area contributed by atoms with Crippen molar-refractivity contribution in [2.45, 2.75) is 19.8 Å². The fraction of sp³-hybridized carbons (Fsp3) is 0.429. The second kappa shape index (κ2) is 6.06. The van der Waals surface area contributed by atoms with Gasteiger partial charge in [-0.05, 0) is 24.6 Å². The van der Waals surface area contributed by atoms with E-state index in [4.69, 9.17) is 16.8 Å². The molecular formula is C14H17ClN2O2. The van der Waals surface area contributed by atoms with Gasteiger partial charge in [0.05, 0.1) is 5.71 Å². The summed E-state index contributed by atoms with van der Waals surface area (Å²) in [7, 11) is 0. The first kappa shape index (κ1) is 13.9. The number of halogens is 1. The van der Waals surface area contributed by atoms with Gasteiger partial charge in [-0.15, -0.1) is 0 Å². The molecule has 5 heteroatoms. The highest BCUT2D eigenvalue weighted by Gasteiger charge is 2.28. The number of amides is 1. The summed E-state index contributed by atoms with van der Waals surface area (Å²) in [6.45, 7) is 3.21. The molecule has 1 atom stereocenters. The van der Waals surface area contributed by atoms with E-state index in [0.29, 0.717) is 30.1 Å². The molecule has 1 aliphatic heterocycles. The molecule has 0 aromatic heterocycles. The van der Waals surface area contributed by atoms with E-state index in [2.05, 4.69) is 5.16 Å². The molecule has 1 saturated heterocycles.